The van der Waals surface area contributed by atoms with Gasteiger partial charge in [0.2, 0.25) is 0 Å². The predicted molar refractivity (Wildman–Crippen MR) is 80.2 cm³/mol. The second-order valence-electron chi connectivity index (χ2n) is 4.87. The summed E-state index contributed by atoms with van der Waals surface area (Å²) in [5.74, 6) is 1.22. The minimum atomic E-state index is -0.235. The van der Waals surface area contributed by atoms with Gasteiger partial charge in [0.1, 0.15) is 17.3 Å². The number of nitrogens with one attached hydrogen (secondary N) is 2. The molecule has 2 heterocycles. The normalized spacial score (nSPS) is 11.9. The number of hydrogen-bond donors (Lipinski definition) is 2. The van der Waals surface area contributed by atoms with E-state index >= 15 is 0 Å². The lowest BCUT2D eigenvalue weighted by Gasteiger charge is -2.12. The standard InChI is InChI=1S/C15H20N4O2/c1-3-6-17-14-10-16-9-13(19-14)15(20)18-11(2)8-12-5-4-7-21-12/h4-5,7,9-11H,3,6,8H2,1-2H3,(H,17,19)(H,18,20). The van der Waals surface area contributed by atoms with Crippen molar-refractivity contribution in [2.24, 2.45) is 0 Å². The second kappa shape index (κ2) is 7.42. The van der Waals surface area contributed by atoms with Crippen LogP contribution in [0.2, 0.25) is 0 Å². The van der Waals surface area contributed by atoms with Crippen LogP contribution < -0.4 is 10.6 Å². The lowest BCUT2D eigenvalue weighted by molar-refractivity contribution is 0.0934. The summed E-state index contributed by atoms with van der Waals surface area (Å²) >= 11 is 0. The first-order valence-corrected chi connectivity index (χ1v) is 7.08. The Hall–Kier alpha value is -2.37. The third-order valence-corrected chi connectivity index (χ3v) is 2.89. The quantitative estimate of drug-likeness (QED) is 0.817. The first kappa shape index (κ1) is 15.0. The van der Waals surface area contributed by atoms with Gasteiger partial charge in [0.15, 0.2) is 0 Å². The van der Waals surface area contributed by atoms with Crippen molar-refractivity contribution in [2.45, 2.75) is 32.7 Å². The molecule has 2 rings (SSSR count). The Bertz CT molecular complexity index is 569. The fourth-order valence-electron chi connectivity index (χ4n) is 1.89. The van der Waals surface area contributed by atoms with Crippen LogP contribution in [-0.2, 0) is 6.42 Å². The highest BCUT2D eigenvalue weighted by atomic mass is 16.3. The average Bonchev–Trinajstić information content (AvgIpc) is 2.98. The van der Waals surface area contributed by atoms with Crippen molar-refractivity contribution in [3.05, 3.63) is 42.2 Å². The van der Waals surface area contributed by atoms with Crippen LogP contribution in [0.4, 0.5) is 5.82 Å². The van der Waals surface area contributed by atoms with Crippen LogP contribution in [-0.4, -0.2) is 28.5 Å². The molecule has 0 aliphatic rings. The third kappa shape index (κ3) is 4.59. The van der Waals surface area contributed by atoms with Gasteiger partial charge in [-0.2, -0.15) is 0 Å². The number of carbonyl (C=O) groups excluding carboxylic acids is 1. The van der Waals surface area contributed by atoms with E-state index < -0.39 is 0 Å². The number of anilines is 1. The second-order valence-corrected chi connectivity index (χ2v) is 4.87. The molecule has 6 heteroatoms. The number of carbonyl (C=O) groups is 1. The SMILES string of the molecule is CCCNc1cncc(C(=O)NC(C)Cc2ccco2)n1. The van der Waals surface area contributed by atoms with Gasteiger partial charge < -0.3 is 15.1 Å². The Labute approximate surface area is 124 Å². The molecule has 21 heavy (non-hydrogen) atoms. The number of furan rings is 1. The van der Waals surface area contributed by atoms with Crippen molar-refractivity contribution < 1.29 is 9.21 Å². The summed E-state index contributed by atoms with van der Waals surface area (Å²) in [6.45, 7) is 4.79. The van der Waals surface area contributed by atoms with Gasteiger partial charge in [0, 0.05) is 19.0 Å². The highest BCUT2D eigenvalue weighted by molar-refractivity contribution is 5.92. The Kier molecular flexibility index (Phi) is 5.31. The van der Waals surface area contributed by atoms with E-state index in [-0.39, 0.29) is 11.9 Å². The molecule has 1 atom stereocenters. The molecule has 0 saturated heterocycles. The van der Waals surface area contributed by atoms with E-state index in [4.69, 9.17) is 4.42 Å². The van der Waals surface area contributed by atoms with Crippen LogP contribution in [0, 0.1) is 0 Å². The van der Waals surface area contributed by atoms with Crippen LogP contribution in [0.5, 0.6) is 0 Å². The van der Waals surface area contributed by atoms with E-state index in [2.05, 4.69) is 27.5 Å². The summed E-state index contributed by atoms with van der Waals surface area (Å²) in [5, 5.41) is 6.00. The molecule has 1 amide bonds. The molecule has 2 aromatic rings. The van der Waals surface area contributed by atoms with Crippen molar-refractivity contribution in [1.82, 2.24) is 15.3 Å². The molecule has 0 fully saturated rings. The molecular weight excluding hydrogens is 268 g/mol. The van der Waals surface area contributed by atoms with Gasteiger partial charge in [-0.05, 0) is 25.5 Å². The molecule has 0 aliphatic heterocycles. The maximum absolute atomic E-state index is 12.1. The minimum absolute atomic E-state index is 0.0438. The monoisotopic (exact) mass is 288 g/mol. The van der Waals surface area contributed by atoms with Crippen molar-refractivity contribution >= 4 is 11.7 Å². The molecular formula is C15H20N4O2. The van der Waals surface area contributed by atoms with E-state index in [0.717, 1.165) is 18.7 Å². The fourth-order valence-corrected chi connectivity index (χ4v) is 1.89. The minimum Gasteiger partial charge on any atom is -0.469 e. The molecule has 1 unspecified atom stereocenters. The molecule has 0 aromatic carbocycles. The van der Waals surface area contributed by atoms with Crippen LogP contribution >= 0.6 is 0 Å². The summed E-state index contributed by atoms with van der Waals surface area (Å²) in [4.78, 5) is 20.4. The Morgan fingerprint density at radius 2 is 2.29 bits per heavy atom. The summed E-state index contributed by atoms with van der Waals surface area (Å²) < 4.78 is 5.27. The van der Waals surface area contributed by atoms with E-state index in [9.17, 15) is 4.79 Å². The van der Waals surface area contributed by atoms with Gasteiger partial charge in [-0.25, -0.2) is 4.98 Å². The molecule has 0 aliphatic carbocycles. The van der Waals surface area contributed by atoms with Crippen LogP contribution in [0.3, 0.4) is 0 Å². The number of nitrogens with zero attached hydrogens (tertiary/aromatic N) is 2. The maximum atomic E-state index is 12.1. The van der Waals surface area contributed by atoms with E-state index in [0.29, 0.717) is 17.9 Å². The number of hydrogen-bond acceptors (Lipinski definition) is 5. The molecule has 0 radical (unpaired) electrons. The molecule has 0 saturated carbocycles. The van der Waals surface area contributed by atoms with E-state index in [1.165, 1.54) is 6.20 Å². The average molecular weight is 288 g/mol. The first-order valence-electron chi connectivity index (χ1n) is 7.08. The predicted octanol–water partition coefficient (Wildman–Crippen LogP) is 2.25. The molecule has 2 N–H and O–H groups in total. The maximum Gasteiger partial charge on any atom is 0.271 e. The van der Waals surface area contributed by atoms with Crippen LogP contribution in [0.25, 0.3) is 0 Å². The van der Waals surface area contributed by atoms with E-state index in [1.807, 2.05) is 19.1 Å². The summed E-state index contributed by atoms with van der Waals surface area (Å²) in [5.41, 5.74) is 0.308. The smallest absolute Gasteiger partial charge is 0.271 e. The zero-order chi connectivity index (χ0) is 15.1. The van der Waals surface area contributed by atoms with Gasteiger partial charge in [0.25, 0.3) is 5.91 Å². The molecule has 112 valence electrons. The Morgan fingerprint density at radius 3 is 3.00 bits per heavy atom. The molecule has 6 nitrogen and oxygen atoms in total. The topological polar surface area (TPSA) is 80.0 Å². The van der Waals surface area contributed by atoms with Gasteiger partial charge in [-0.1, -0.05) is 6.92 Å². The lowest BCUT2D eigenvalue weighted by atomic mass is 10.2. The number of aromatic nitrogens is 2. The summed E-state index contributed by atoms with van der Waals surface area (Å²) in [7, 11) is 0. The number of amides is 1. The van der Waals surface area contributed by atoms with Crippen molar-refractivity contribution in [1.29, 1.82) is 0 Å². The highest BCUT2D eigenvalue weighted by Gasteiger charge is 2.13. The zero-order valence-corrected chi connectivity index (χ0v) is 12.3. The summed E-state index contributed by atoms with van der Waals surface area (Å²) in [6, 6.07) is 3.67. The highest BCUT2D eigenvalue weighted by Crippen LogP contribution is 2.06. The molecule has 0 spiro atoms. The largest absolute Gasteiger partial charge is 0.469 e. The first-order chi connectivity index (χ1) is 10.2. The molecule has 2 aromatic heterocycles. The summed E-state index contributed by atoms with van der Waals surface area (Å²) in [6.07, 6.45) is 6.32. The van der Waals surface area contributed by atoms with Crippen molar-refractivity contribution in [3.63, 3.8) is 0 Å². The van der Waals surface area contributed by atoms with Gasteiger partial charge >= 0.3 is 0 Å². The van der Waals surface area contributed by atoms with Crippen LogP contribution in [0.15, 0.2) is 35.2 Å². The lowest BCUT2D eigenvalue weighted by Crippen LogP contribution is -2.34. The zero-order valence-electron chi connectivity index (χ0n) is 12.3. The molecule has 0 bridgehead atoms. The van der Waals surface area contributed by atoms with Gasteiger partial charge in [-0.15, -0.1) is 0 Å². The Balaban J connectivity index is 1.93. The van der Waals surface area contributed by atoms with Crippen molar-refractivity contribution in [3.8, 4) is 0 Å². The van der Waals surface area contributed by atoms with E-state index in [1.54, 1.807) is 12.5 Å². The van der Waals surface area contributed by atoms with Gasteiger partial charge in [0.05, 0.1) is 18.7 Å². The fraction of sp³-hybridized carbons (Fsp3) is 0.400. The third-order valence-electron chi connectivity index (χ3n) is 2.89. The van der Waals surface area contributed by atoms with Gasteiger partial charge in [-0.3, -0.25) is 9.78 Å². The number of rotatable bonds is 7. The Morgan fingerprint density at radius 1 is 1.43 bits per heavy atom. The van der Waals surface area contributed by atoms with Crippen LogP contribution in [0.1, 0.15) is 36.5 Å². The van der Waals surface area contributed by atoms with Crippen molar-refractivity contribution in [2.75, 3.05) is 11.9 Å².